The average molecular weight is 370 g/mol. The smallest absolute Gasteiger partial charge is 0.159 e. The van der Waals surface area contributed by atoms with Gasteiger partial charge in [-0.25, -0.2) is 9.97 Å². The first-order valence-electron chi connectivity index (χ1n) is 5.91. The molecule has 0 fully saturated rings. The molecule has 2 aromatic rings. The van der Waals surface area contributed by atoms with Crippen molar-refractivity contribution in [3.8, 4) is 11.4 Å². The van der Waals surface area contributed by atoms with Gasteiger partial charge in [0.2, 0.25) is 0 Å². The minimum atomic E-state index is 0.802. The van der Waals surface area contributed by atoms with E-state index in [-0.39, 0.29) is 0 Å². The summed E-state index contributed by atoms with van der Waals surface area (Å²) in [6.07, 6.45) is 4.01. The van der Waals surface area contributed by atoms with Crippen molar-refractivity contribution < 1.29 is 0 Å². The molecular formula is C14H14Br2N2. The van der Waals surface area contributed by atoms with Gasteiger partial charge in [-0.05, 0) is 18.6 Å². The van der Waals surface area contributed by atoms with Crippen LogP contribution in [0.15, 0.2) is 34.9 Å². The Bertz CT molecular complexity index is 524. The molecule has 0 spiro atoms. The van der Waals surface area contributed by atoms with Gasteiger partial charge in [-0.1, -0.05) is 57.3 Å². The number of hydrogen-bond acceptors (Lipinski definition) is 2. The molecule has 0 atom stereocenters. The van der Waals surface area contributed by atoms with Crippen LogP contribution < -0.4 is 0 Å². The lowest BCUT2D eigenvalue weighted by Gasteiger charge is -2.07. The van der Waals surface area contributed by atoms with Crippen molar-refractivity contribution in [2.75, 3.05) is 0 Å². The van der Waals surface area contributed by atoms with Crippen LogP contribution in [0.4, 0.5) is 0 Å². The van der Waals surface area contributed by atoms with Crippen molar-refractivity contribution in [3.63, 3.8) is 0 Å². The topological polar surface area (TPSA) is 25.8 Å². The van der Waals surface area contributed by atoms with Crippen LogP contribution in [-0.4, -0.2) is 9.97 Å². The molecule has 0 aliphatic heterocycles. The van der Waals surface area contributed by atoms with Gasteiger partial charge in [0.1, 0.15) is 0 Å². The van der Waals surface area contributed by atoms with Crippen LogP contribution in [0.3, 0.4) is 0 Å². The van der Waals surface area contributed by atoms with E-state index in [4.69, 9.17) is 0 Å². The van der Waals surface area contributed by atoms with E-state index in [9.17, 15) is 0 Å². The summed E-state index contributed by atoms with van der Waals surface area (Å²) in [6.45, 7) is 2.17. The van der Waals surface area contributed by atoms with Gasteiger partial charge in [-0.15, -0.1) is 0 Å². The number of nitrogens with zero attached hydrogens (tertiary/aromatic N) is 2. The zero-order chi connectivity index (χ0) is 13.0. The minimum Gasteiger partial charge on any atom is -0.236 e. The Balaban J connectivity index is 2.39. The monoisotopic (exact) mass is 368 g/mol. The number of rotatable bonds is 4. The van der Waals surface area contributed by atoms with Crippen molar-refractivity contribution in [3.05, 3.63) is 46.2 Å². The Hall–Kier alpha value is -0.740. The second-order valence-electron chi connectivity index (χ2n) is 4.06. The number of hydrogen-bond donors (Lipinski definition) is 0. The average Bonchev–Trinajstić information content (AvgIpc) is 2.40. The Morgan fingerprint density at radius 3 is 2.50 bits per heavy atom. The molecule has 0 aliphatic carbocycles. The molecule has 1 aromatic carbocycles. The highest BCUT2D eigenvalue weighted by Gasteiger charge is 2.07. The van der Waals surface area contributed by atoms with Crippen LogP contribution in [0.1, 0.15) is 24.6 Å². The number of aromatic nitrogens is 2. The second kappa shape index (κ2) is 6.43. The van der Waals surface area contributed by atoms with Gasteiger partial charge in [-0.3, -0.25) is 0 Å². The lowest BCUT2D eigenvalue weighted by molar-refractivity contribution is 0.860. The molecule has 0 saturated heterocycles. The fourth-order valence-corrected chi connectivity index (χ4v) is 2.48. The third kappa shape index (κ3) is 3.18. The molecule has 2 rings (SSSR count). The summed E-state index contributed by atoms with van der Waals surface area (Å²) in [5.74, 6) is 0.802. The normalized spacial score (nSPS) is 10.6. The van der Waals surface area contributed by atoms with Crippen molar-refractivity contribution in [1.82, 2.24) is 9.97 Å². The lowest BCUT2D eigenvalue weighted by Crippen LogP contribution is -2.00. The first kappa shape index (κ1) is 13.7. The third-order valence-electron chi connectivity index (χ3n) is 2.69. The fraction of sp³-hybridized carbons (Fsp3) is 0.286. The van der Waals surface area contributed by atoms with Crippen LogP contribution in [0, 0.1) is 0 Å². The van der Waals surface area contributed by atoms with E-state index in [0.717, 1.165) is 39.7 Å². The summed E-state index contributed by atoms with van der Waals surface area (Å²) in [6, 6.07) is 8.08. The van der Waals surface area contributed by atoms with Gasteiger partial charge in [0.05, 0.1) is 0 Å². The molecule has 0 unspecified atom stereocenters. The maximum Gasteiger partial charge on any atom is 0.159 e. The predicted octanol–water partition coefficient (Wildman–Crippen LogP) is 4.75. The van der Waals surface area contributed by atoms with Crippen LogP contribution in [-0.2, 0) is 11.8 Å². The Kier molecular flexibility index (Phi) is 4.89. The molecule has 0 amide bonds. The van der Waals surface area contributed by atoms with Gasteiger partial charge in [0.25, 0.3) is 0 Å². The van der Waals surface area contributed by atoms with Gasteiger partial charge < -0.3 is 0 Å². The van der Waals surface area contributed by atoms with E-state index < -0.39 is 0 Å². The first-order valence-corrected chi connectivity index (χ1v) is 7.82. The molecule has 0 aliphatic rings. The number of benzene rings is 1. The Labute approximate surface area is 124 Å². The van der Waals surface area contributed by atoms with E-state index in [2.05, 4.69) is 48.8 Å². The van der Waals surface area contributed by atoms with Crippen molar-refractivity contribution in [2.24, 2.45) is 0 Å². The summed E-state index contributed by atoms with van der Waals surface area (Å²) in [5.41, 5.74) is 3.37. The Morgan fingerprint density at radius 2 is 1.89 bits per heavy atom. The summed E-state index contributed by atoms with van der Waals surface area (Å²) in [7, 11) is 0. The molecule has 1 heterocycles. The number of halogens is 2. The SMILES string of the molecule is CCCc1nc(-c2ccc(Br)cc2)ncc1CBr. The first-order chi connectivity index (χ1) is 8.74. The van der Waals surface area contributed by atoms with E-state index in [1.165, 1.54) is 5.56 Å². The molecule has 4 heteroatoms. The lowest BCUT2D eigenvalue weighted by atomic mass is 10.1. The molecule has 0 N–H and O–H groups in total. The molecule has 0 radical (unpaired) electrons. The predicted molar refractivity (Wildman–Crippen MR) is 81.8 cm³/mol. The van der Waals surface area contributed by atoms with Crippen molar-refractivity contribution in [1.29, 1.82) is 0 Å². The molecule has 2 nitrogen and oxygen atoms in total. The molecule has 0 bridgehead atoms. The largest absolute Gasteiger partial charge is 0.236 e. The molecule has 94 valence electrons. The van der Waals surface area contributed by atoms with Gasteiger partial charge in [-0.2, -0.15) is 0 Å². The maximum absolute atomic E-state index is 4.68. The van der Waals surface area contributed by atoms with Gasteiger partial charge in [0, 0.05) is 32.8 Å². The molecular weight excluding hydrogens is 356 g/mol. The highest BCUT2D eigenvalue weighted by atomic mass is 79.9. The highest BCUT2D eigenvalue weighted by molar-refractivity contribution is 9.10. The quantitative estimate of drug-likeness (QED) is 0.726. The summed E-state index contributed by atoms with van der Waals surface area (Å²) in [4.78, 5) is 9.11. The molecule has 1 aromatic heterocycles. The van der Waals surface area contributed by atoms with E-state index in [1.54, 1.807) is 0 Å². The second-order valence-corrected chi connectivity index (χ2v) is 5.53. The van der Waals surface area contributed by atoms with Crippen molar-refractivity contribution in [2.45, 2.75) is 25.1 Å². The maximum atomic E-state index is 4.68. The van der Waals surface area contributed by atoms with Gasteiger partial charge >= 0.3 is 0 Å². The Morgan fingerprint density at radius 1 is 1.17 bits per heavy atom. The highest BCUT2D eigenvalue weighted by Crippen LogP contribution is 2.20. The number of alkyl halides is 1. The van der Waals surface area contributed by atoms with E-state index >= 15 is 0 Å². The minimum absolute atomic E-state index is 0.802. The van der Waals surface area contributed by atoms with Crippen LogP contribution in [0.5, 0.6) is 0 Å². The van der Waals surface area contributed by atoms with Gasteiger partial charge in [0.15, 0.2) is 5.82 Å². The van der Waals surface area contributed by atoms with Crippen LogP contribution in [0.25, 0.3) is 11.4 Å². The summed E-state index contributed by atoms with van der Waals surface area (Å²) in [5, 5.41) is 0.808. The molecule has 18 heavy (non-hydrogen) atoms. The zero-order valence-corrected chi connectivity index (χ0v) is 13.3. The third-order valence-corrected chi connectivity index (χ3v) is 3.82. The number of aryl methyl sites for hydroxylation is 1. The van der Waals surface area contributed by atoms with Crippen molar-refractivity contribution >= 4 is 31.9 Å². The standard InChI is InChI=1S/C14H14Br2N2/c1-2-3-13-11(8-15)9-17-14(18-13)10-4-6-12(16)7-5-10/h4-7,9H,2-3,8H2,1H3. The van der Waals surface area contributed by atoms with Crippen LogP contribution >= 0.6 is 31.9 Å². The fourth-order valence-electron chi connectivity index (χ4n) is 1.75. The summed E-state index contributed by atoms with van der Waals surface area (Å²) < 4.78 is 1.07. The van der Waals surface area contributed by atoms with E-state index in [0.29, 0.717) is 0 Å². The van der Waals surface area contributed by atoms with E-state index in [1.807, 2.05) is 30.5 Å². The molecule has 0 saturated carbocycles. The van der Waals surface area contributed by atoms with Crippen LogP contribution in [0.2, 0.25) is 0 Å². The zero-order valence-electron chi connectivity index (χ0n) is 10.2. The summed E-state index contributed by atoms with van der Waals surface area (Å²) >= 11 is 6.92.